The van der Waals surface area contributed by atoms with Crippen molar-refractivity contribution in [1.29, 1.82) is 0 Å². The summed E-state index contributed by atoms with van der Waals surface area (Å²) in [4.78, 5) is 2.58. The van der Waals surface area contributed by atoms with Crippen LogP contribution in [0.3, 0.4) is 0 Å². The molecule has 16 heavy (non-hydrogen) atoms. The van der Waals surface area contributed by atoms with E-state index in [-0.39, 0.29) is 0 Å². The molecule has 0 radical (unpaired) electrons. The van der Waals surface area contributed by atoms with Crippen molar-refractivity contribution in [1.82, 2.24) is 4.90 Å². The summed E-state index contributed by atoms with van der Waals surface area (Å²) in [5.41, 5.74) is 5.91. The van der Waals surface area contributed by atoms with Crippen LogP contribution < -0.4 is 5.73 Å². The van der Waals surface area contributed by atoms with Crippen molar-refractivity contribution in [3.8, 4) is 0 Å². The van der Waals surface area contributed by atoms with Crippen LogP contribution in [0.15, 0.2) is 0 Å². The van der Waals surface area contributed by atoms with Crippen molar-refractivity contribution in [2.75, 3.05) is 26.8 Å². The number of methoxy groups -OCH3 is 1. The van der Waals surface area contributed by atoms with Gasteiger partial charge in [-0.2, -0.15) is 0 Å². The molecular formula is C13H28N2O. The number of nitrogens with two attached hydrogens (primary N) is 1. The smallest absolute Gasteiger partial charge is 0.0589 e. The van der Waals surface area contributed by atoms with Crippen LogP contribution in [0.25, 0.3) is 0 Å². The third-order valence-electron chi connectivity index (χ3n) is 3.45. The lowest BCUT2D eigenvalue weighted by atomic mass is 10.1. The van der Waals surface area contributed by atoms with Crippen molar-refractivity contribution in [3.05, 3.63) is 0 Å². The fourth-order valence-corrected chi connectivity index (χ4v) is 2.32. The third kappa shape index (κ3) is 4.81. The molecule has 0 amide bonds. The quantitative estimate of drug-likeness (QED) is 0.581. The molecule has 1 unspecified atom stereocenters. The van der Waals surface area contributed by atoms with E-state index in [1.165, 1.54) is 38.5 Å². The van der Waals surface area contributed by atoms with Crippen LogP contribution in [0, 0.1) is 0 Å². The molecule has 2 N–H and O–H groups in total. The topological polar surface area (TPSA) is 38.5 Å². The molecule has 0 aliphatic heterocycles. The van der Waals surface area contributed by atoms with Gasteiger partial charge in [-0.3, -0.25) is 4.90 Å². The molecule has 1 atom stereocenters. The Kier molecular flexibility index (Phi) is 7.01. The highest BCUT2D eigenvalue weighted by atomic mass is 16.5. The second-order valence-corrected chi connectivity index (χ2v) is 4.85. The molecule has 1 aliphatic rings. The van der Waals surface area contributed by atoms with Crippen LogP contribution in [0.4, 0.5) is 0 Å². The SMILES string of the molecule is CCCCCC(CN)N(CCOC)C1CC1. The van der Waals surface area contributed by atoms with Gasteiger partial charge in [0, 0.05) is 32.3 Å². The Morgan fingerprint density at radius 1 is 1.38 bits per heavy atom. The maximum atomic E-state index is 5.91. The molecule has 96 valence electrons. The fourth-order valence-electron chi connectivity index (χ4n) is 2.32. The maximum Gasteiger partial charge on any atom is 0.0589 e. The molecule has 1 saturated carbocycles. The molecule has 3 nitrogen and oxygen atoms in total. The van der Waals surface area contributed by atoms with Crippen molar-refractivity contribution < 1.29 is 4.74 Å². The number of rotatable bonds is 10. The average molecular weight is 228 g/mol. The maximum absolute atomic E-state index is 5.91. The van der Waals surface area contributed by atoms with E-state index in [0.717, 1.165) is 25.7 Å². The van der Waals surface area contributed by atoms with Crippen LogP contribution in [-0.4, -0.2) is 43.8 Å². The zero-order chi connectivity index (χ0) is 11.8. The van der Waals surface area contributed by atoms with Crippen molar-refractivity contribution >= 4 is 0 Å². The number of unbranched alkanes of at least 4 members (excludes halogenated alkanes) is 2. The van der Waals surface area contributed by atoms with E-state index >= 15 is 0 Å². The van der Waals surface area contributed by atoms with Gasteiger partial charge in [-0.1, -0.05) is 26.2 Å². The first-order valence-corrected chi connectivity index (χ1v) is 6.78. The minimum absolute atomic E-state index is 0.578. The zero-order valence-electron chi connectivity index (χ0n) is 11.0. The van der Waals surface area contributed by atoms with Crippen LogP contribution in [-0.2, 0) is 4.74 Å². The van der Waals surface area contributed by atoms with Gasteiger partial charge in [0.05, 0.1) is 6.61 Å². The van der Waals surface area contributed by atoms with Gasteiger partial charge in [0.1, 0.15) is 0 Å². The summed E-state index contributed by atoms with van der Waals surface area (Å²) >= 11 is 0. The summed E-state index contributed by atoms with van der Waals surface area (Å²) in [6.07, 6.45) is 7.90. The van der Waals surface area contributed by atoms with E-state index in [0.29, 0.717) is 6.04 Å². The summed E-state index contributed by atoms with van der Waals surface area (Å²) in [5.74, 6) is 0. The standard InChI is InChI=1S/C13H28N2O/c1-3-4-5-6-13(11-14)15(9-10-16-2)12-7-8-12/h12-13H,3-11,14H2,1-2H3. The molecule has 1 rings (SSSR count). The van der Waals surface area contributed by atoms with Gasteiger partial charge >= 0.3 is 0 Å². The van der Waals surface area contributed by atoms with Gasteiger partial charge in [-0.05, 0) is 19.3 Å². The summed E-state index contributed by atoms with van der Waals surface area (Å²) in [6, 6.07) is 1.37. The molecule has 0 heterocycles. The van der Waals surface area contributed by atoms with Crippen molar-refractivity contribution in [2.24, 2.45) is 5.73 Å². The molecule has 1 aliphatic carbocycles. The normalized spacial score (nSPS) is 18.0. The van der Waals surface area contributed by atoms with Crippen molar-refractivity contribution in [2.45, 2.75) is 57.5 Å². The Morgan fingerprint density at radius 2 is 2.12 bits per heavy atom. The fraction of sp³-hybridized carbons (Fsp3) is 1.00. The lowest BCUT2D eigenvalue weighted by molar-refractivity contribution is 0.111. The zero-order valence-corrected chi connectivity index (χ0v) is 11.0. The summed E-state index contributed by atoms with van der Waals surface area (Å²) < 4.78 is 5.19. The van der Waals surface area contributed by atoms with Gasteiger partial charge in [-0.25, -0.2) is 0 Å². The van der Waals surface area contributed by atoms with E-state index in [1.54, 1.807) is 7.11 Å². The third-order valence-corrected chi connectivity index (χ3v) is 3.45. The Hall–Kier alpha value is -0.120. The second kappa shape index (κ2) is 8.04. The van der Waals surface area contributed by atoms with Crippen LogP contribution in [0.5, 0.6) is 0 Å². The highest BCUT2D eigenvalue weighted by Gasteiger charge is 2.32. The van der Waals surface area contributed by atoms with Gasteiger partial charge in [0.2, 0.25) is 0 Å². The molecule has 0 aromatic rings. The average Bonchev–Trinajstić information content (AvgIpc) is 3.11. The largest absolute Gasteiger partial charge is 0.383 e. The van der Waals surface area contributed by atoms with Crippen LogP contribution in [0.1, 0.15) is 45.4 Å². The molecule has 0 spiro atoms. The number of hydrogen-bond donors (Lipinski definition) is 1. The highest BCUT2D eigenvalue weighted by Crippen LogP contribution is 2.29. The predicted molar refractivity (Wildman–Crippen MR) is 68.6 cm³/mol. The first-order chi connectivity index (χ1) is 7.83. The summed E-state index contributed by atoms with van der Waals surface area (Å²) in [6.45, 7) is 4.93. The molecule has 0 bridgehead atoms. The molecule has 3 heteroatoms. The van der Waals surface area contributed by atoms with E-state index in [1.807, 2.05) is 0 Å². The molecule has 0 saturated heterocycles. The van der Waals surface area contributed by atoms with Crippen molar-refractivity contribution in [3.63, 3.8) is 0 Å². The van der Waals surface area contributed by atoms with Gasteiger partial charge < -0.3 is 10.5 Å². The Bertz CT molecular complexity index is 171. The molecule has 0 aromatic carbocycles. The van der Waals surface area contributed by atoms with Gasteiger partial charge in [0.25, 0.3) is 0 Å². The van der Waals surface area contributed by atoms with E-state index in [2.05, 4.69) is 11.8 Å². The van der Waals surface area contributed by atoms with Crippen LogP contribution >= 0.6 is 0 Å². The molecule has 0 aromatic heterocycles. The highest BCUT2D eigenvalue weighted by molar-refractivity contribution is 4.89. The van der Waals surface area contributed by atoms with Gasteiger partial charge in [-0.15, -0.1) is 0 Å². The summed E-state index contributed by atoms with van der Waals surface area (Å²) in [5, 5.41) is 0. The van der Waals surface area contributed by atoms with E-state index in [9.17, 15) is 0 Å². The first kappa shape index (κ1) is 13.9. The minimum atomic E-state index is 0.578. The Balaban J connectivity index is 2.32. The molecular weight excluding hydrogens is 200 g/mol. The van der Waals surface area contributed by atoms with Crippen LogP contribution in [0.2, 0.25) is 0 Å². The Morgan fingerprint density at radius 3 is 2.62 bits per heavy atom. The second-order valence-electron chi connectivity index (χ2n) is 4.85. The minimum Gasteiger partial charge on any atom is -0.383 e. The van der Waals surface area contributed by atoms with Gasteiger partial charge in [0.15, 0.2) is 0 Å². The number of ether oxygens (including phenoxy) is 1. The predicted octanol–water partition coefficient (Wildman–Crippen LogP) is 2.00. The molecule has 1 fully saturated rings. The van der Waals surface area contributed by atoms with E-state index < -0.39 is 0 Å². The monoisotopic (exact) mass is 228 g/mol. The lowest BCUT2D eigenvalue weighted by Crippen LogP contribution is -2.43. The Labute approximate surface area is 100 Å². The van der Waals surface area contributed by atoms with E-state index in [4.69, 9.17) is 10.5 Å². The first-order valence-electron chi connectivity index (χ1n) is 6.78. The number of hydrogen-bond acceptors (Lipinski definition) is 3. The lowest BCUT2D eigenvalue weighted by Gasteiger charge is -2.30. The number of nitrogens with zero attached hydrogens (tertiary/aromatic N) is 1. The summed E-state index contributed by atoms with van der Waals surface area (Å²) in [7, 11) is 1.78.